The van der Waals surface area contributed by atoms with Crippen molar-refractivity contribution in [3.63, 3.8) is 0 Å². The molecule has 0 unspecified atom stereocenters. The van der Waals surface area contributed by atoms with Crippen molar-refractivity contribution in [3.8, 4) is 11.5 Å². The maximum atomic E-state index is 13.2. The number of hydrogen-bond acceptors (Lipinski definition) is 4. The van der Waals surface area contributed by atoms with Crippen LogP contribution in [0, 0.1) is 0 Å². The van der Waals surface area contributed by atoms with Crippen LogP contribution in [-0.2, 0) is 9.59 Å². The molecule has 0 saturated heterocycles. The Hall–Kier alpha value is -2.50. The molecule has 1 aliphatic carbocycles. The molecule has 0 fully saturated rings. The third-order valence-electron chi connectivity index (χ3n) is 5.76. The molecule has 156 valence electrons. The van der Waals surface area contributed by atoms with Gasteiger partial charge < -0.3 is 14.8 Å². The van der Waals surface area contributed by atoms with Gasteiger partial charge in [0, 0.05) is 30.0 Å². The number of Topliss-reactive ketones (excluding diaryl/α,β-unsaturated/α-hetero) is 1. The van der Waals surface area contributed by atoms with Crippen molar-refractivity contribution >= 4 is 34.9 Å². The van der Waals surface area contributed by atoms with Crippen molar-refractivity contribution in [3.05, 3.63) is 68.8 Å². The summed E-state index contributed by atoms with van der Waals surface area (Å²) in [5.41, 5.74) is 3.16. The SMILES string of the molecule is COc1ccc([C@H]2CC(=O)C3=C(C2)NC(=O)C[C@@H]3c2ccc(Cl)c(Cl)c2)cc1OC. The summed E-state index contributed by atoms with van der Waals surface area (Å²) in [7, 11) is 3.16. The zero-order chi connectivity index (χ0) is 21.4. The number of carbonyl (C=O) groups excluding carboxylic acids is 2. The van der Waals surface area contributed by atoms with Crippen LogP contribution in [0.4, 0.5) is 0 Å². The van der Waals surface area contributed by atoms with E-state index in [0.717, 1.165) is 11.1 Å². The summed E-state index contributed by atoms with van der Waals surface area (Å²) in [6.45, 7) is 0. The van der Waals surface area contributed by atoms with Gasteiger partial charge in [-0.1, -0.05) is 35.3 Å². The van der Waals surface area contributed by atoms with Gasteiger partial charge in [-0.3, -0.25) is 9.59 Å². The summed E-state index contributed by atoms with van der Waals surface area (Å²) in [5.74, 6) is 0.807. The quantitative estimate of drug-likeness (QED) is 0.717. The Kier molecular flexibility index (Phi) is 5.76. The highest BCUT2D eigenvalue weighted by molar-refractivity contribution is 6.42. The Morgan fingerprint density at radius 1 is 0.867 bits per heavy atom. The highest BCUT2D eigenvalue weighted by Crippen LogP contribution is 2.44. The number of nitrogens with one attached hydrogen (secondary N) is 1. The van der Waals surface area contributed by atoms with Crippen LogP contribution in [0.3, 0.4) is 0 Å². The van der Waals surface area contributed by atoms with Crippen LogP contribution in [-0.4, -0.2) is 25.9 Å². The lowest BCUT2D eigenvalue weighted by molar-refractivity contribution is -0.122. The van der Waals surface area contributed by atoms with Crippen molar-refractivity contribution < 1.29 is 19.1 Å². The fraction of sp³-hybridized carbons (Fsp3) is 0.304. The topological polar surface area (TPSA) is 64.6 Å². The zero-order valence-electron chi connectivity index (χ0n) is 16.6. The summed E-state index contributed by atoms with van der Waals surface area (Å²) < 4.78 is 10.7. The fourth-order valence-electron chi connectivity index (χ4n) is 4.32. The van der Waals surface area contributed by atoms with Gasteiger partial charge in [-0.15, -0.1) is 0 Å². The van der Waals surface area contributed by atoms with Gasteiger partial charge in [-0.25, -0.2) is 0 Å². The second-order valence-corrected chi connectivity index (χ2v) is 8.33. The highest BCUT2D eigenvalue weighted by Gasteiger charge is 2.38. The van der Waals surface area contributed by atoms with Gasteiger partial charge in [0.2, 0.25) is 5.91 Å². The Bertz CT molecular complexity index is 1060. The number of rotatable bonds is 4. The number of halogens is 2. The standard InChI is InChI=1S/C23H21Cl2NO4/c1-29-20-6-4-12(10-21(20)30-2)14-8-18-23(19(27)9-14)15(11-22(28)26-18)13-3-5-16(24)17(25)7-13/h3-7,10,14-15H,8-9,11H2,1-2H3,(H,26,28)/t14-,15-/m1/s1. The second kappa shape index (κ2) is 8.32. The van der Waals surface area contributed by atoms with Gasteiger partial charge in [0.25, 0.3) is 0 Å². The van der Waals surface area contributed by atoms with Crippen LogP contribution in [0.25, 0.3) is 0 Å². The average molecular weight is 446 g/mol. The van der Waals surface area contributed by atoms with E-state index in [-0.39, 0.29) is 29.9 Å². The Morgan fingerprint density at radius 2 is 1.60 bits per heavy atom. The minimum atomic E-state index is -0.317. The number of ketones is 1. The Morgan fingerprint density at radius 3 is 2.30 bits per heavy atom. The molecule has 4 rings (SSSR count). The van der Waals surface area contributed by atoms with Crippen molar-refractivity contribution in [2.45, 2.75) is 31.1 Å². The number of benzene rings is 2. The zero-order valence-corrected chi connectivity index (χ0v) is 18.1. The van der Waals surface area contributed by atoms with E-state index in [1.54, 1.807) is 26.4 Å². The third-order valence-corrected chi connectivity index (χ3v) is 6.50. The van der Waals surface area contributed by atoms with Gasteiger partial charge in [0.05, 0.1) is 24.3 Å². The molecule has 7 heteroatoms. The maximum absolute atomic E-state index is 13.2. The number of carbonyl (C=O) groups is 2. The number of methoxy groups -OCH3 is 2. The highest BCUT2D eigenvalue weighted by atomic mass is 35.5. The molecule has 0 aromatic heterocycles. The van der Waals surface area contributed by atoms with Crippen LogP contribution in [0.5, 0.6) is 11.5 Å². The normalized spacial score (nSPS) is 21.2. The van der Waals surface area contributed by atoms with E-state index in [4.69, 9.17) is 32.7 Å². The Labute approximate surface area is 185 Å². The first kappa shape index (κ1) is 20.8. The van der Waals surface area contributed by atoms with Crippen LogP contribution in [0.2, 0.25) is 10.0 Å². The van der Waals surface area contributed by atoms with E-state index in [0.29, 0.717) is 45.7 Å². The van der Waals surface area contributed by atoms with E-state index in [1.165, 1.54) is 0 Å². The molecular weight excluding hydrogens is 425 g/mol. The maximum Gasteiger partial charge on any atom is 0.225 e. The summed E-state index contributed by atoms with van der Waals surface area (Å²) in [4.78, 5) is 25.6. The van der Waals surface area contributed by atoms with E-state index < -0.39 is 0 Å². The first-order valence-electron chi connectivity index (χ1n) is 9.64. The van der Waals surface area contributed by atoms with Crippen molar-refractivity contribution in [1.29, 1.82) is 0 Å². The molecule has 0 radical (unpaired) electrons. The number of ether oxygens (including phenoxy) is 2. The molecule has 2 aromatic rings. The van der Waals surface area contributed by atoms with E-state index >= 15 is 0 Å². The molecule has 1 aliphatic heterocycles. The second-order valence-electron chi connectivity index (χ2n) is 7.51. The molecule has 5 nitrogen and oxygen atoms in total. The molecule has 2 atom stereocenters. The van der Waals surface area contributed by atoms with Gasteiger partial charge in [-0.2, -0.15) is 0 Å². The summed E-state index contributed by atoms with van der Waals surface area (Å²) >= 11 is 12.2. The van der Waals surface area contributed by atoms with Crippen molar-refractivity contribution in [2.24, 2.45) is 0 Å². The molecule has 0 spiro atoms. The van der Waals surface area contributed by atoms with E-state index in [9.17, 15) is 9.59 Å². The van der Waals surface area contributed by atoms with Gasteiger partial charge in [0.15, 0.2) is 17.3 Å². The van der Waals surface area contributed by atoms with Crippen molar-refractivity contribution in [2.75, 3.05) is 14.2 Å². The minimum Gasteiger partial charge on any atom is -0.493 e. The molecule has 0 saturated carbocycles. The average Bonchev–Trinajstić information content (AvgIpc) is 2.74. The van der Waals surface area contributed by atoms with E-state index in [2.05, 4.69) is 5.32 Å². The van der Waals surface area contributed by atoms with Crippen LogP contribution in [0.1, 0.15) is 42.2 Å². The first-order valence-corrected chi connectivity index (χ1v) is 10.4. The first-order chi connectivity index (χ1) is 14.4. The smallest absolute Gasteiger partial charge is 0.225 e. The Balaban J connectivity index is 1.70. The fourth-order valence-corrected chi connectivity index (χ4v) is 4.62. The summed E-state index contributed by atoms with van der Waals surface area (Å²) in [6.07, 6.45) is 1.14. The third kappa shape index (κ3) is 3.80. The molecule has 2 aromatic carbocycles. The number of amides is 1. The van der Waals surface area contributed by atoms with Gasteiger partial charge in [-0.05, 0) is 47.7 Å². The van der Waals surface area contributed by atoms with Crippen LogP contribution in [0.15, 0.2) is 47.7 Å². The molecule has 2 aliphatic rings. The lowest BCUT2D eigenvalue weighted by Crippen LogP contribution is -2.38. The molecular formula is C23H21Cl2NO4. The monoisotopic (exact) mass is 445 g/mol. The van der Waals surface area contributed by atoms with Crippen LogP contribution >= 0.6 is 23.2 Å². The summed E-state index contributed by atoms with van der Waals surface area (Å²) in [5, 5.41) is 3.78. The summed E-state index contributed by atoms with van der Waals surface area (Å²) in [6, 6.07) is 10.9. The lowest BCUT2D eigenvalue weighted by atomic mass is 9.73. The molecule has 0 bridgehead atoms. The van der Waals surface area contributed by atoms with Crippen LogP contribution < -0.4 is 14.8 Å². The minimum absolute atomic E-state index is 0.0344. The number of allylic oxidation sites excluding steroid dienone is 2. The lowest BCUT2D eigenvalue weighted by Gasteiger charge is -2.34. The predicted molar refractivity (Wildman–Crippen MR) is 116 cm³/mol. The molecule has 30 heavy (non-hydrogen) atoms. The molecule has 1 heterocycles. The number of hydrogen-bond donors (Lipinski definition) is 1. The van der Waals surface area contributed by atoms with E-state index in [1.807, 2.05) is 24.3 Å². The molecule has 1 N–H and O–H groups in total. The predicted octanol–water partition coefficient (Wildman–Crippen LogP) is 5.01. The van der Waals surface area contributed by atoms with Gasteiger partial charge >= 0.3 is 0 Å². The van der Waals surface area contributed by atoms with Crippen molar-refractivity contribution in [1.82, 2.24) is 5.32 Å². The largest absolute Gasteiger partial charge is 0.493 e. The van der Waals surface area contributed by atoms with Gasteiger partial charge in [0.1, 0.15) is 0 Å². The molecule has 1 amide bonds.